The fourth-order valence-corrected chi connectivity index (χ4v) is 2.94. The number of nitrogens with zero attached hydrogens (tertiary/aromatic N) is 1. The number of carbonyl (C=O) groups is 1. The summed E-state index contributed by atoms with van der Waals surface area (Å²) >= 11 is 0. The molecule has 0 aliphatic carbocycles. The van der Waals surface area contributed by atoms with E-state index in [1.807, 2.05) is 0 Å². The van der Waals surface area contributed by atoms with Crippen LogP contribution in [0.5, 0.6) is 0 Å². The second-order valence-corrected chi connectivity index (χ2v) is 6.25. The molecule has 0 saturated heterocycles. The van der Waals surface area contributed by atoms with Gasteiger partial charge in [-0.15, -0.1) is 0 Å². The van der Waals surface area contributed by atoms with E-state index in [2.05, 4.69) is 0 Å². The van der Waals surface area contributed by atoms with Gasteiger partial charge < -0.3 is 0 Å². The van der Waals surface area contributed by atoms with Crippen LogP contribution in [0.4, 0.5) is 15.8 Å². The van der Waals surface area contributed by atoms with Gasteiger partial charge in [0.2, 0.25) is 15.9 Å². The van der Waals surface area contributed by atoms with Gasteiger partial charge >= 0.3 is 0 Å². The molecule has 0 radical (unpaired) electrons. The number of benzene rings is 2. The fourth-order valence-electron chi connectivity index (χ4n) is 2.37. The van der Waals surface area contributed by atoms with Crippen molar-refractivity contribution in [2.45, 2.75) is 11.3 Å². The van der Waals surface area contributed by atoms with Gasteiger partial charge in [0.1, 0.15) is 5.82 Å². The number of hydrogen-bond donors (Lipinski definition) is 1. The maximum absolute atomic E-state index is 13.9. The lowest BCUT2D eigenvalue weighted by Gasteiger charge is -2.18. The van der Waals surface area contributed by atoms with Crippen LogP contribution in [0.1, 0.15) is 5.56 Å². The van der Waals surface area contributed by atoms with Crippen LogP contribution in [0.2, 0.25) is 0 Å². The molecule has 1 heterocycles. The Bertz CT molecular complexity index is 849. The third kappa shape index (κ3) is 2.30. The zero-order chi connectivity index (χ0) is 15.2. The summed E-state index contributed by atoms with van der Waals surface area (Å²) in [6.45, 7) is 0. The Balaban J connectivity index is 2.14. The molecule has 0 saturated carbocycles. The van der Waals surface area contributed by atoms with E-state index < -0.39 is 15.8 Å². The van der Waals surface area contributed by atoms with Crippen LogP contribution in [0.15, 0.2) is 47.4 Å². The van der Waals surface area contributed by atoms with Crippen molar-refractivity contribution in [1.82, 2.24) is 0 Å². The molecule has 2 aromatic rings. The molecule has 108 valence electrons. The van der Waals surface area contributed by atoms with Gasteiger partial charge in [0.05, 0.1) is 22.7 Å². The molecule has 2 aromatic carbocycles. The first-order valence-electron chi connectivity index (χ1n) is 6.11. The van der Waals surface area contributed by atoms with Gasteiger partial charge in [-0.1, -0.05) is 12.1 Å². The average molecular weight is 306 g/mol. The number of halogens is 1. The van der Waals surface area contributed by atoms with Crippen molar-refractivity contribution in [1.29, 1.82) is 0 Å². The van der Waals surface area contributed by atoms with E-state index in [4.69, 9.17) is 5.14 Å². The maximum atomic E-state index is 13.9. The molecule has 0 bridgehead atoms. The first-order valence-corrected chi connectivity index (χ1v) is 7.66. The zero-order valence-corrected chi connectivity index (χ0v) is 11.6. The molecule has 7 heteroatoms. The molecule has 0 fully saturated rings. The molecular formula is C14H11FN2O3S. The van der Waals surface area contributed by atoms with Crippen LogP contribution in [0, 0.1) is 5.82 Å². The highest BCUT2D eigenvalue weighted by atomic mass is 32.2. The second-order valence-electron chi connectivity index (χ2n) is 4.69. The van der Waals surface area contributed by atoms with Crippen LogP contribution in [-0.2, 0) is 21.2 Å². The lowest BCUT2D eigenvalue weighted by Crippen LogP contribution is -2.21. The Kier molecular flexibility index (Phi) is 3.03. The number of amides is 1. The third-order valence-electron chi connectivity index (χ3n) is 3.30. The van der Waals surface area contributed by atoms with Crippen molar-refractivity contribution in [2.75, 3.05) is 4.90 Å². The molecule has 1 aliphatic heterocycles. The van der Waals surface area contributed by atoms with Crippen molar-refractivity contribution in [3.63, 3.8) is 0 Å². The van der Waals surface area contributed by atoms with Crippen molar-refractivity contribution in [3.05, 3.63) is 53.8 Å². The Hall–Kier alpha value is -2.25. The SMILES string of the molecule is NS(=O)(=O)c1ccc2c(c1)CC(=O)N2c1ccccc1F. The van der Waals surface area contributed by atoms with Gasteiger partial charge in [0.15, 0.2) is 0 Å². The Morgan fingerprint density at radius 3 is 2.48 bits per heavy atom. The molecule has 2 N–H and O–H groups in total. The Labute approximate surface area is 120 Å². The summed E-state index contributed by atoms with van der Waals surface area (Å²) < 4.78 is 36.5. The molecule has 3 rings (SSSR count). The summed E-state index contributed by atoms with van der Waals surface area (Å²) in [7, 11) is -3.84. The van der Waals surface area contributed by atoms with Crippen LogP contribution in [-0.4, -0.2) is 14.3 Å². The number of para-hydroxylation sites is 1. The molecule has 0 unspecified atom stereocenters. The molecule has 1 amide bonds. The van der Waals surface area contributed by atoms with Crippen LogP contribution in [0.3, 0.4) is 0 Å². The van der Waals surface area contributed by atoms with E-state index in [0.717, 1.165) is 0 Å². The summed E-state index contributed by atoms with van der Waals surface area (Å²) in [6.07, 6.45) is 0.00697. The van der Waals surface area contributed by atoms with Gasteiger partial charge in [-0.2, -0.15) is 0 Å². The van der Waals surface area contributed by atoms with Crippen LogP contribution < -0.4 is 10.0 Å². The standard InChI is InChI=1S/C14H11FN2O3S/c15-11-3-1-2-4-13(11)17-12-6-5-10(21(16,19)20)7-9(12)8-14(17)18/h1-7H,8H2,(H2,16,19,20). The van der Waals surface area contributed by atoms with Gasteiger partial charge in [-0.25, -0.2) is 17.9 Å². The fraction of sp³-hybridized carbons (Fsp3) is 0.0714. The minimum absolute atomic E-state index is 0.00697. The summed E-state index contributed by atoms with van der Waals surface area (Å²) in [4.78, 5) is 13.3. The number of sulfonamides is 1. The van der Waals surface area contributed by atoms with E-state index in [-0.39, 0.29) is 22.9 Å². The number of rotatable bonds is 2. The van der Waals surface area contributed by atoms with Crippen molar-refractivity contribution >= 4 is 27.3 Å². The van der Waals surface area contributed by atoms with E-state index in [1.54, 1.807) is 6.07 Å². The Morgan fingerprint density at radius 2 is 1.81 bits per heavy atom. The summed E-state index contributed by atoms with van der Waals surface area (Å²) in [6, 6.07) is 10.0. The number of carbonyl (C=O) groups excluding carboxylic acids is 1. The van der Waals surface area contributed by atoms with Crippen molar-refractivity contribution in [3.8, 4) is 0 Å². The minimum Gasteiger partial charge on any atom is -0.278 e. The topological polar surface area (TPSA) is 80.5 Å². The molecule has 21 heavy (non-hydrogen) atoms. The quantitative estimate of drug-likeness (QED) is 0.917. The number of fused-ring (bicyclic) bond motifs is 1. The van der Waals surface area contributed by atoms with Gasteiger partial charge in [0.25, 0.3) is 0 Å². The highest BCUT2D eigenvalue weighted by molar-refractivity contribution is 7.89. The zero-order valence-electron chi connectivity index (χ0n) is 10.8. The number of primary sulfonamides is 1. The number of anilines is 2. The monoisotopic (exact) mass is 306 g/mol. The van der Waals surface area contributed by atoms with E-state index >= 15 is 0 Å². The lowest BCUT2D eigenvalue weighted by atomic mass is 10.1. The smallest absolute Gasteiger partial charge is 0.238 e. The molecule has 0 atom stereocenters. The first kappa shape index (κ1) is 13.7. The maximum Gasteiger partial charge on any atom is 0.238 e. The van der Waals surface area contributed by atoms with E-state index in [0.29, 0.717) is 11.3 Å². The van der Waals surface area contributed by atoms with E-state index in [1.165, 1.54) is 41.3 Å². The number of hydrogen-bond acceptors (Lipinski definition) is 3. The first-order chi connectivity index (χ1) is 9.88. The molecular weight excluding hydrogens is 295 g/mol. The molecule has 1 aliphatic rings. The normalized spacial score (nSPS) is 14.4. The van der Waals surface area contributed by atoms with Crippen molar-refractivity contribution in [2.24, 2.45) is 5.14 Å². The van der Waals surface area contributed by atoms with Gasteiger partial charge in [0, 0.05) is 0 Å². The van der Waals surface area contributed by atoms with Gasteiger partial charge in [-0.3, -0.25) is 9.69 Å². The van der Waals surface area contributed by atoms with Crippen LogP contribution >= 0.6 is 0 Å². The van der Waals surface area contributed by atoms with Crippen molar-refractivity contribution < 1.29 is 17.6 Å². The Morgan fingerprint density at radius 1 is 1.10 bits per heavy atom. The molecule has 0 spiro atoms. The summed E-state index contributed by atoms with van der Waals surface area (Å²) in [5, 5.41) is 5.07. The lowest BCUT2D eigenvalue weighted by molar-refractivity contribution is -0.116. The van der Waals surface area contributed by atoms with E-state index in [9.17, 15) is 17.6 Å². The third-order valence-corrected chi connectivity index (χ3v) is 4.22. The van der Waals surface area contributed by atoms with Gasteiger partial charge in [-0.05, 0) is 35.9 Å². The second kappa shape index (κ2) is 4.64. The predicted octanol–water partition coefficient (Wildman–Crippen LogP) is 1.69. The summed E-state index contributed by atoms with van der Waals surface area (Å²) in [5.41, 5.74) is 1.12. The highest BCUT2D eigenvalue weighted by Gasteiger charge is 2.31. The van der Waals surface area contributed by atoms with Crippen LogP contribution in [0.25, 0.3) is 0 Å². The molecule has 0 aromatic heterocycles. The molecule has 5 nitrogen and oxygen atoms in total. The predicted molar refractivity (Wildman–Crippen MR) is 75.1 cm³/mol. The number of nitrogens with two attached hydrogens (primary N) is 1. The minimum atomic E-state index is -3.84. The largest absolute Gasteiger partial charge is 0.278 e. The summed E-state index contributed by atoms with van der Waals surface area (Å²) in [5.74, 6) is -0.837. The highest BCUT2D eigenvalue weighted by Crippen LogP contribution is 2.37. The average Bonchev–Trinajstić information content (AvgIpc) is 2.73.